The Morgan fingerprint density at radius 2 is 1.73 bits per heavy atom. The molecule has 0 spiro atoms. The van der Waals surface area contributed by atoms with Gasteiger partial charge in [0.25, 0.3) is 0 Å². The molecule has 41 heavy (non-hydrogen) atoms. The van der Waals surface area contributed by atoms with E-state index in [0.29, 0.717) is 47.6 Å². The van der Waals surface area contributed by atoms with Gasteiger partial charge in [0.15, 0.2) is 11.5 Å². The third kappa shape index (κ3) is 10.0. The van der Waals surface area contributed by atoms with Crippen LogP contribution in [-0.4, -0.2) is 61.3 Å². The first-order valence-corrected chi connectivity index (χ1v) is 14.6. The smallest absolute Gasteiger partial charge is 0.227 e. The molecule has 0 radical (unpaired) electrons. The molecule has 1 atom stereocenters. The van der Waals surface area contributed by atoms with Crippen molar-refractivity contribution >= 4 is 28.3 Å². The van der Waals surface area contributed by atoms with E-state index in [1.165, 1.54) is 11.3 Å². The van der Waals surface area contributed by atoms with Crippen LogP contribution in [0.25, 0.3) is 10.6 Å². The van der Waals surface area contributed by atoms with E-state index in [2.05, 4.69) is 43.2 Å². The van der Waals surface area contributed by atoms with Gasteiger partial charge in [0.1, 0.15) is 10.8 Å². The van der Waals surface area contributed by atoms with E-state index in [4.69, 9.17) is 14.2 Å². The highest BCUT2D eigenvalue weighted by Gasteiger charge is 2.22. The zero-order valence-corrected chi connectivity index (χ0v) is 26.0. The molecule has 10 heteroatoms. The summed E-state index contributed by atoms with van der Waals surface area (Å²) >= 11 is 1.29. The van der Waals surface area contributed by atoms with E-state index < -0.39 is 0 Å². The van der Waals surface area contributed by atoms with Gasteiger partial charge in [-0.25, -0.2) is 0 Å². The van der Waals surface area contributed by atoms with Crippen LogP contribution >= 0.6 is 11.3 Å². The van der Waals surface area contributed by atoms with E-state index in [-0.39, 0.29) is 29.6 Å². The molecule has 3 aromatic rings. The average molecular weight is 583 g/mol. The standard InChI is InChI=1S/C31H42N4O5S/c1-21(20-31(2,3)4)17-28(37)35(15-13-22-11-12-25(39-6)26(18-22)40-7)16-14-27(36)32-30-34-33-29(41-30)23-9-8-10-24(19-23)38-5/h8-12,18-19,21H,13-17,20H2,1-7H3,(H,32,34,36)/t21-/m1/s1. The number of aromatic nitrogens is 2. The first-order chi connectivity index (χ1) is 19.5. The summed E-state index contributed by atoms with van der Waals surface area (Å²) in [5.74, 6) is 2.08. The second-order valence-corrected chi connectivity index (χ2v) is 12.3. The van der Waals surface area contributed by atoms with Crippen LogP contribution in [0.3, 0.4) is 0 Å². The minimum Gasteiger partial charge on any atom is -0.497 e. The van der Waals surface area contributed by atoms with Crippen molar-refractivity contribution < 1.29 is 23.8 Å². The highest BCUT2D eigenvalue weighted by atomic mass is 32.1. The first-order valence-electron chi connectivity index (χ1n) is 13.8. The summed E-state index contributed by atoms with van der Waals surface area (Å²) in [6.45, 7) is 9.45. The van der Waals surface area contributed by atoms with Gasteiger partial charge in [-0.05, 0) is 54.0 Å². The number of carbonyl (C=O) groups excluding carboxylic acids is 2. The highest BCUT2D eigenvalue weighted by molar-refractivity contribution is 7.18. The summed E-state index contributed by atoms with van der Waals surface area (Å²) in [5, 5.41) is 12.3. The average Bonchev–Trinajstić information content (AvgIpc) is 3.40. The van der Waals surface area contributed by atoms with Crippen molar-refractivity contribution in [3.8, 4) is 27.8 Å². The molecule has 0 fully saturated rings. The van der Waals surface area contributed by atoms with Crippen molar-refractivity contribution in [2.75, 3.05) is 39.7 Å². The topological polar surface area (TPSA) is 103 Å². The van der Waals surface area contributed by atoms with Gasteiger partial charge in [0.2, 0.25) is 16.9 Å². The molecule has 3 rings (SSSR count). The molecule has 1 aromatic heterocycles. The van der Waals surface area contributed by atoms with Crippen LogP contribution in [0, 0.1) is 11.3 Å². The Morgan fingerprint density at radius 3 is 2.41 bits per heavy atom. The van der Waals surface area contributed by atoms with Crippen molar-refractivity contribution in [1.82, 2.24) is 15.1 Å². The molecule has 0 bridgehead atoms. The number of hydrogen-bond donors (Lipinski definition) is 1. The fraction of sp³-hybridized carbons (Fsp3) is 0.484. The number of nitrogens with zero attached hydrogens (tertiary/aromatic N) is 3. The van der Waals surface area contributed by atoms with E-state index in [9.17, 15) is 9.59 Å². The number of anilines is 1. The number of ether oxygens (including phenoxy) is 3. The Morgan fingerprint density at radius 1 is 0.976 bits per heavy atom. The summed E-state index contributed by atoms with van der Waals surface area (Å²) in [6, 6.07) is 13.3. The van der Waals surface area contributed by atoms with Crippen LogP contribution in [0.2, 0.25) is 0 Å². The van der Waals surface area contributed by atoms with Gasteiger partial charge < -0.3 is 24.4 Å². The Balaban J connectivity index is 1.64. The van der Waals surface area contributed by atoms with Gasteiger partial charge in [-0.15, -0.1) is 10.2 Å². The van der Waals surface area contributed by atoms with Crippen molar-refractivity contribution in [3.63, 3.8) is 0 Å². The molecule has 0 saturated heterocycles. The minimum absolute atomic E-state index is 0.0475. The van der Waals surface area contributed by atoms with Crippen LogP contribution in [-0.2, 0) is 16.0 Å². The maximum atomic E-state index is 13.4. The van der Waals surface area contributed by atoms with E-state index in [1.807, 2.05) is 42.5 Å². The SMILES string of the molecule is COc1cccc(-c2nnc(NC(=O)CCN(CCc3ccc(OC)c(OC)c3)C(=O)C[C@@H](C)CC(C)(C)C)s2)c1. The molecule has 222 valence electrons. The van der Waals surface area contributed by atoms with E-state index in [1.54, 1.807) is 26.2 Å². The largest absolute Gasteiger partial charge is 0.497 e. The zero-order chi connectivity index (χ0) is 30.0. The lowest BCUT2D eigenvalue weighted by molar-refractivity contribution is -0.132. The lowest BCUT2D eigenvalue weighted by Crippen LogP contribution is -2.36. The van der Waals surface area contributed by atoms with Crippen molar-refractivity contribution in [2.45, 2.75) is 53.4 Å². The Labute approximate surface area is 247 Å². The van der Waals surface area contributed by atoms with E-state index in [0.717, 1.165) is 23.3 Å². The predicted molar refractivity (Wildman–Crippen MR) is 163 cm³/mol. The van der Waals surface area contributed by atoms with Crippen LogP contribution < -0.4 is 19.5 Å². The quantitative estimate of drug-likeness (QED) is 0.245. The van der Waals surface area contributed by atoms with E-state index >= 15 is 0 Å². The zero-order valence-electron chi connectivity index (χ0n) is 25.2. The lowest BCUT2D eigenvalue weighted by atomic mass is 9.84. The van der Waals surface area contributed by atoms with Crippen LogP contribution in [0.5, 0.6) is 17.2 Å². The highest BCUT2D eigenvalue weighted by Crippen LogP contribution is 2.30. The summed E-state index contributed by atoms with van der Waals surface area (Å²) in [7, 11) is 4.81. The number of nitrogens with one attached hydrogen (secondary N) is 1. The fourth-order valence-corrected chi connectivity index (χ4v) is 5.53. The molecule has 0 saturated carbocycles. The predicted octanol–water partition coefficient (Wildman–Crippen LogP) is 6.09. The summed E-state index contributed by atoms with van der Waals surface area (Å²) in [4.78, 5) is 28.0. The lowest BCUT2D eigenvalue weighted by Gasteiger charge is -2.27. The molecule has 1 heterocycles. The number of amides is 2. The Kier molecular flexibility index (Phi) is 11.5. The fourth-order valence-electron chi connectivity index (χ4n) is 4.77. The van der Waals surface area contributed by atoms with Crippen molar-refractivity contribution in [3.05, 3.63) is 48.0 Å². The van der Waals surface area contributed by atoms with Gasteiger partial charge in [-0.2, -0.15) is 0 Å². The second-order valence-electron chi connectivity index (χ2n) is 11.3. The number of hydrogen-bond acceptors (Lipinski definition) is 8. The molecule has 2 aromatic carbocycles. The monoisotopic (exact) mass is 582 g/mol. The van der Waals surface area contributed by atoms with Crippen LogP contribution in [0.15, 0.2) is 42.5 Å². The number of methoxy groups -OCH3 is 3. The molecule has 0 aliphatic heterocycles. The maximum Gasteiger partial charge on any atom is 0.227 e. The number of rotatable bonds is 14. The van der Waals surface area contributed by atoms with Crippen molar-refractivity contribution in [2.24, 2.45) is 11.3 Å². The Hall–Kier alpha value is -3.66. The molecule has 0 aliphatic carbocycles. The van der Waals surface area contributed by atoms with Crippen LogP contribution in [0.1, 0.15) is 52.5 Å². The summed E-state index contributed by atoms with van der Waals surface area (Å²) < 4.78 is 16.1. The molecular weight excluding hydrogens is 540 g/mol. The third-order valence-corrected chi connectivity index (χ3v) is 7.44. The maximum absolute atomic E-state index is 13.4. The van der Waals surface area contributed by atoms with Gasteiger partial charge in [-0.3, -0.25) is 9.59 Å². The normalized spacial score (nSPS) is 12.0. The Bertz CT molecular complexity index is 1300. The summed E-state index contributed by atoms with van der Waals surface area (Å²) in [6.07, 6.45) is 2.15. The molecule has 1 N–H and O–H groups in total. The molecule has 0 aliphatic rings. The molecule has 9 nitrogen and oxygen atoms in total. The first kappa shape index (κ1) is 31.9. The van der Waals surface area contributed by atoms with Gasteiger partial charge in [0.05, 0.1) is 21.3 Å². The molecule has 2 amide bonds. The third-order valence-electron chi connectivity index (χ3n) is 6.55. The molecule has 0 unspecified atom stereocenters. The van der Waals surface area contributed by atoms with Crippen molar-refractivity contribution in [1.29, 1.82) is 0 Å². The minimum atomic E-state index is -0.218. The number of carbonyl (C=O) groups is 2. The second kappa shape index (κ2) is 14.8. The van der Waals surface area contributed by atoms with Gasteiger partial charge in [0, 0.05) is 31.5 Å². The number of benzene rings is 2. The van der Waals surface area contributed by atoms with Crippen LogP contribution in [0.4, 0.5) is 5.13 Å². The van der Waals surface area contributed by atoms with Gasteiger partial charge >= 0.3 is 0 Å². The van der Waals surface area contributed by atoms with Gasteiger partial charge in [-0.1, -0.05) is 57.2 Å². The molecular formula is C31H42N4O5S. The summed E-state index contributed by atoms with van der Waals surface area (Å²) in [5.41, 5.74) is 2.01.